The van der Waals surface area contributed by atoms with Crippen molar-refractivity contribution in [3.05, 3.63) is 69.2 Å². The lowest BCUT2D eigenvalue weighted by Gasteiger charge is -2.29. The van der Waals surface area contributed by atoms with E-state index in [0.29, 0.717) is 27.3 Å². The van der Waals surface area contributed by atoms with Crippen molar-refractivity contribution in [1.82, 2.24) is 14.7 Å². The van der Waals surface area contributed by atoms with Crippen LogP contribution in [0, 0.1) is 5.92 Å². The molecule has 2 N–H and O–H groups in total. The Morgan fingerprint density at radius 2 is 1.89 bits per heavy atom. The topological polar surface area (TPSA) is 81.2 Å². The Kier molecular flexibility index (Phi) is 7.57. The Balaban J connectivity index is 1.33. The van der Waals surface area contributed by atoms with Crippen LogP contribution in [0.25, 0.3) is 17.0 Å². The normalized spacial score (nSPS) is 19.2. The fourth-order valence-electron chi connectivity index (χ4n) is 5.16. The first-order chi connectivity index (χ1) is 18.1. The quantitative estimate of drug-likeness (QED) is 0.338. The van der Waals surface area contributed by atoms with Crippen molar-refractivity contribution in [2.45, 2.75) is 50.9 Å². The zero-order chi connectivity index (χ0) is 27.0. The van der Waals surface area contributed by atoms with Crippen LogP contribution in [0.4, 0.5) is 18.0 Å². The molecule has 1 aliphatic carbocycles. The van der Waals surface area contributed by atoms with E-state index in [-0.39, 0.29) is 40.9 Å². The van der Waals surface area contributed by atoms with Crippen LogP contribution in [0.1, 0.15) is 48.8 Å². The van der Waals surface area contributed by atoms with Crippen molar-refractivity contribution >= 4 is 51.5 Å². The van der Waals surface area contributed by atoms with Crippen molar-refractivity contribution in [2.24, 2.45) is 11.7 Å². The van der Waals surface area contributed by atoms with Crippen molar-refractivity contribution in [1.29, 1.82) is 0 Å². The molecule has 2 amide bonds. The number of benzene rings is 2. The molecule has 0 bridgehead atoms. The number of rotatable bonds is 6. The molecule has 11 heteroatoms. The molecule has 0 spiro atoms. The number of imide groups is 1. The van der Waals surface area contributed by atoms with Gasteiger partial charge in [-0.3, -0.25) is 19.2 Å². The van der Waals surface area contributed by atoms with Crippen LogP contribution in [-0.2, 0) is 17.5 Å². The molecule has 5 rings (SSSR count). The Labute approximate surface area is 227 Å². The fraction of sp³-hybridized carbons (Fsp3) is 0.370. The van der Waals surface area contributed by atoms with E-state index in [1.165, 1.54) is 28.1 Å². The van der Waals surface area contributed by atoms with Crippen LogP contribution in [-0.4, -0.2) is 38.4 Å². The van der Waals surface area contributed by atoms with Gasteiger partial charge in [0.05, 0.1) is 28.7 Å². The summed E-state index contributed by atoms with van der Waals surface area (Å²) in [6, 6.07) is 8.72. The third kappa shape index (κ3) is 5.62. The van der Waals surface area contributed by atoms with Crippen LogP contribution < -0.4 is 5.73 Å². The van der Waals surface area contributed by atoms with E-state index in [2.05, 4.69) is 5.10 Å². The Hall–Kier alpha value is -2.82. The molecule has 1 saturated heterocycles. The first-order valence-corrected chi connectivity index (χ1v) is 13.6. The molecule has 1 aliphatic heterocycles. The van der Waals surface area contributed by atoms with Gasteiger partial charge in [-0.05, 0) is 72.0 Å². The van der Waals surface area contributed by atoms with Gasteiger partial charge in [-0.2, -0.15) is 18.3 Å². The number of nitrogens with zero attached hydrogens (tertiary/aromatic N) is 3. The van der Waals surface area contributed by atoms with E-state index in [0.717, 1.165) is 43.5 Å². The number of amides is 2. The van der Waals surface area contributed by atoms with Gasteiger partial charge < -0.3 is 5.73 Å². The first kappa shape index (κ1) is 26.8. The number of carbonyl (C=O) groups is 2. The monoisotopic (exact) mass is 562 g/mol. The van der Waals surface area contributed by atoms with Gasteiger partial charge in [-0.25, -0.2) is 0 Å². The third-order valence-electron chi connectivity index (χ3n) is 7.18. The second-order valence-corrected chi connectivity index (χ2v) is 11.2. The van der Waals surface area contributed by atoms with Gasteiger partial charge in [0.1, 0.15) is 0 Å². The molecule has 2 heterocycles. The number of aromatic nitrogens is 2. The van der Waals surface area contributed by atoms with Crippen molar-refractivity contribution in [3.63, 3.8) is 0 Å². The number of nitrogens with two attached hydrogens (primary N) is 1. The molecule has 0 unspecified atom stereocenters. The maximum absolute atomic E-state index is 13.5. The summed E-state index contributed by atoms with van der Waals surface area (Å²) in [4.78, 5) is 27.1. The van der Waals surface area contributed by atoms with Crippen LogP contribution in [0.15, 0.2) is 47.5 Å². The molecule has 1 atom stereocenters. The zero-order valence-corrected chi connectivity index (χ0v) is 22.0. The van der Waals surface area contributed by atoms with Crippen LogP contribution >= 0.6 is 23.4 Å². The summed E-state index contributed by atoms with van der Waals surface area (Å²) >= 11 is 6.68. The van der Waals surface area contributed by atoms with E-state index < -0.39 is 11.7 Å². The minimum Gasteiger partial charge on any atom is -0.326 e. The number of halogens is 4. The number of thioether (sulfide) groups is 1. The van der Waals surface area contributed by atoms with Gasteiger partial charge in [-0.15, -0.1) is 0 Å². The predicted molar refractivity (Wildman–Crippen MR) is 143 cm³/mol. The fourth-order valence-corrected chi connectivity index (χ4v) is 6.18. The SMILES string of the molecule is N[C@@H](CN1C(=O)SC(=Cc2ccc3c(cnn3Cc3ccc(Cl)cc3C(F)(F)F)c2)C1=O)C1CCCCC1. The van der Waals surface area contributed by atoms with Gasteiger partial charge in [0.15, 0.2) is 0 Å². The minimum absolute atomic E-state index is 0.0106. The average molecular weight is 563 g/mol. The van der Waals surface area contributed by atoms with E-state index in [9.17, 15) is 22.8 Å². The summed E-state index contributed by atoms with van der Waals surface area (Å²) in [6.45, 7) is 0.123. The largest absolute Gasteiger partial charge is 0.416 e. The highest BCUT2D eigenvalue weighted by Crippen LogP contribution is 2.36. The summed E-state index contributed by atoms with van der Waals surface area (Å²) in [5.74, 6) is -0.0362. The van der Waals surface area contributed by atoms with E-state index >= 15 is 0 Å². The van der Waals surface area contributed by atoms with Gasteiger partial charge in [0.2, 0.25) is 0 Å². The second kappa shape index (κ2) is 10.7. The maximum Gasteiger partial charge on any atom is 0.416 e. The summed E-state index contributed by atoms with van der Waals surface area (Å²) < 4.78 is 42.0. The molecule has 1 aromatic heterocycles. The molecule has 2 aliphatic rings. The van der Waals surface area contributed by atoms with Gasteiger partial charge in [-0.1, -0.05) is 43.0 Å². The molecule has 6 nitrogen and oxygen atoms in total. The lowest BCUT2D eigenvalue weighted by molar-refractivity contribution is -0.138. The maximum atomic E-state index is 13.5. The minimum atomic E-state index is -4.54. The Bertz CT molecular complexity index is 1420. The molecular weight excluding hydrogens is 537 g/mol. The Morgan fingerprint density at radius 3 is 2.63 bits per heavy atom. The summed E-state index contributed by atoms with van der Waals surface area (Å²) in [7, 11) is 0. The van der Waals surface area contributed by atoms with Crippen LogP contribution in [0.2, 0.25) is 5.02 Å². The highest BCUT2D eigenvalue weighted by molar-refractivity contribution is 8.18. The average Bonchev–Trinajstić information content (AvgIpc) is 3.40. The van der Waals surface area contributed by atoms with Gasteiger partial charge in [0, 0.05) is 23.0 Å². The predicted octanol–water partition coefficient (Wildman–Crippen LogP) is 6.70. The lowest BCUT2D eigenvalue weighted by Crippen LogP contribution is -2.44. The zero-order valence-electron chi connectivity index (χ0n) is 20.4. The van der Waals surface area contributed by atoms with Crippen LogP contribution in [0.3, 0.4) is 0 Å². The second-order valence-electron chi connectivity index (χ2n) is 9.77. The van der Waals surface area contributed by atoms with E-state index in [1.807, 2.05) is 0 Å². The standard InChI is InChI=1S/C27H26ClF3N4O2S/c28-20-8-7-18(21(12-20)27(29,30)31)14-35-23-9-6-16(10-19(23)13-33-35)11-24-25(36)34(26(37)38-24)15-22(32)17-4-2-1-3-5-17/h6-13,17,22H,1-5,14-15,32H2/t22-/m0/s1. The number of alkyl halides is 3. The summed E-state index contributed by atoms with van der Waals surface area (Å²) in [6.07, 6.45) is 4.17. The van der Waals surface area contributed by atoms with Gasteiger partial charge >= 0.3 is 6.18 Å². The summed E-state index contributed by atoms with van der Waals surface area (Å²) in [5.41, 5.74) is 6.93. The highest BCUT2D eigenvalue weighted by atomic mass is 35.5. The number of hydrogen-bond donors (Lipinski definition) is 1. The van der Waals surface area contributed by atoms with Crippen molar-refractivity contribution in [2.75, 3.05) is 6.54 Å². The van der Waals surface area contributed by atoms with E-state index in [1.54, 1.807) is 30.5 Å². The van der Waals surface area contributed by atoms with Crippen molar-refractivity contribution in [3.8, 4) is 0 Å². The lowest BCUT2D eigenvalue weighted by atomic mass is 9.84. The molecule has 0 radical (unpaired) electrons. The summed E-state index contributed by atoms with van der Waals surface area (Å²) in [5, 5.41) is 4.65. The number of hydrogen-bond acceptors (Lipinski definition) is 5. The molecule has 2 aromatic carbocycles. The van der Waals surface area contributed by atoms with Crippen molar-refractivity contribution < 1.29 is 22.8 Å². The van der Waals surface area contributed by atoms with Gasteiger partial charge in [0.25, 0.3) is 11.1 Å². The number of fused-ring (bicyclic) bond motifs is 1. The molecule has 200 valence electrons. The molecule has 2 fully saturated rings. The molecular formula is C27H26ClF3N4O2S. The van der Waals surface area contributed by atoms with Crippen LogP contribution in [0.5, 0.6) is 0 Å². The third-order valence-corrected chi connectivity index (χ3v) is 8.33. The highest BCUT2D eigenvalue weighted by Gasteiger charge is 2.37. The smallest absolute Gasteiger partial charge is 0.326 e. The molecule has 38 heavy (non-hydrogen) atoms. The number of carbonyl (C=O) groups excluding carboxylic acids is 2. The first-order valence-electron chi connectivity index (χ1n) is 12.4. The van der Waals surface area contributed by atoms with E-state index in [4.69, 9.17) is 17.3 Å². The Morgan fingerprint density at radius 1 is 1.13 bits per heavy atom. The molecule has 1 saturated carbocycles. The molecule has 3 aromatic rings.